The van der Waals surface area contributed by atoms with E-state index in [4.69, 9.17) is 21.1 Å². The molecule has 1 N–H and O–H groups in total. The van der Waals surface area contributed by atoms with Crippen molar-refractivity contribution in [2.45, 2.75) is 30.4 Å². The zero-order chi connectivity index (χ0) is 21.6. The number of aliphatic hydroxyl groups excluding tert-OH is 1. The summed E-state index contributed by atoms with van der Waals surface area (Å²) in [6, 6.07) is 5.19. The van der Waals surface area contributed by atoms with E-state index in [1.807, 2.05) is 13.0 Å². The summed E-state index contributed by atoms with van der Waals surface area (Å²) in [6.45, 7) is 4.28. The monoisotopic (exact) mass is 438 g/mol. The lowest BCUT2D eigenvalue weighted by Gasteiger charge is -2.23. The first-order chi connectivity index (χ1) is 13.6. The normalized spacial score (nSPS) is 12.4. The van der Waals surface area contributed by atoms with Crippen molar-refractivity contribution in [2.24, 2.45) is 0 Å². The minimum Gasteiger partial charge on any atom is -0.495 e. The molecule has 3 aromatic rings. The Labute approximate surface area is 174 Å². The van der Waals surface area contributed by atoms with Crippen LogP contribution in [-0.2, 0) is 9.84 Å². The van der Waals surface area contributed by atoms with E-state index in [1.165, 1.54) is 27.2 Å². The minimum atomic E-state index is -3.90. The quantitative estimate of drug-likeness (QED) is 0.633. The van der Waals surface area contributed by atoms with Gasteiger partial charge in [-0.05, 0) is 38.5 Å². The predicted molar refractivity (Wildman–Crippen MR) is 112 cm³/mol. The van der Waals surface area contributed by atoms with Crippen molar-refractivity contribution in [3.8, 4) is 22.8 Å². The lowest BCUT2D eigenvalue weighted by atomic mass is 10.1. The van der Waals surface area contributed by atoms with E-state index in [0.29, 0.717) is 22.1 Å². The Morgan fingerprint density at radius 1 is 1.21 bits per heavy atom. The smallest absolute Gasteiger partial charge is 0.190 e. The van der Waals surface area contributed by atoms with Crippen molar-refractivity contribution in [1.29, 1.82) is 0 Å². The van der Waals surface area contributed by atoms with E-state index in [-0.39, 0.29) is 10.6 Å². The van der Waals surface area contributed by atoms with Crippen molar-refractivity contribution >= 4 is 27.1 Å². The molecule has 156 valence electrons. The number of fused-ring (bicyclic) bond motifs is 1. The van der Waals surface area contributed by atoms with E-state index in [0.717, 1.165) is 11.1 Å². The van der Waals surface area contributed by atoms with Gasteiger partial charge < -0.3 is 14.6 Å². The molecule has 3 rings (SSSR count). The largest absolute Gasteiger partial charge is 0.495 e. The third-order valence-electron chi connectivity index (χ3n) is 4.92. The number of hydrogen-bond donors (Lipinski definition) is 1. The maximum Gasteiger partial charge on any atom is 0.190 e. The van der Waals surface area contributed by atoms with Crippen LogP contribution < -0.4 is 9.47 Å². The highest BCUT2D eigenvalue weighted by atomic mass is 35.5. The Balaban J connectivity index is 2.29. The van der Waals surface area contributed by atoms with E-state index in [1.54, 1.807) is 29.8 Å². The molecule has 0 bridgehead atoms. The van der Waals surface area contributed by atoms with Crippen molar-refractivity contribution < 1.29 is 23.0 Å². The number of pyridine rings is 1. The number of hydrogen-bond acceptors (Lipinski definition) is 6. The average molecular weight is 439 g/mol. The van der Waals surface area contributed by atoms with Gasteiger partial charge in [0.05, 0.1) is 42.5 Å². The Hall–Kier alpha value is -2.29. The van der Waals surface area contributed by atoms with Gasteiger partial charge in [0, 0.05) is 17.8 Å². The number of rotatable bonds is 6. The fourth-order valence-corrected chi connectivity index (χ4v) is 4.84. The molecule has 0 amide bonds. The standard InChI is InChI=1S/C20H23ClN2O5S/c1-12-6-13(7-14(21)19(12)28-5)15-9-22-18-8-16(27-4)17(10-23(15)18)29(25,26)20(2,3)11-24/h6-10,24H,11H2,1-5H3. The van der Waals surface area contributed by atoms with Gasteiger partial charge in [0.15, 0.2) is 9.84 Å². The molecule has 0 spiro atoms. The topological polar surface area (TPSA) is 90.1 Å². The number of aliphatic hydroxyl groups is 1. The first-order valence-corrected chi connectivity index (χ1v) is 10.7. The summed E-state index contributed by atoms with van der Waals surface area (Å²) in [6.07, 6.45) is 3.11. The molecule has 0 unspecified atom stereocenters. The van der Waals surface area contributed by atoms with Crippen LogP contribution in [0.1, 0.15) is 19.4 Å². The number of imidazole rings is 1. The van der Waals surface area contributed by atoms with Crippen LogP contribution in [0.3, 0.4) is 0 Å². The van der Waals surface area contributed by atoms with Gasteiger partial charge in [0.25, 0.3) is 0 Å². The predicted octanol–water partition coefficient (Wildman–Crippen LogP) is 3.52. The highest BCUT2D eigenvalue weighted by molar-refractivity contribution is 7.93. The molecule has 2 aromatic heterocycles. The number of sulfone groups is 1. The summed E-state index contributed by atoms with van der Waals surface area (Å²) in [4.78, 5) is 4.35. The third-order valence-corrected chi connectivity index (χ3v) is 7.67. The zero-order valence-corrected chi connectivity index (χ0v) is 18.4. The Morgan fingerprint density at radius 3 is 2.45 bits per heavy atom. The molecule has 0 aliphatic rings. The molecule has 0 radical (unpaired) electrons. The number of aryl methyl sites for hydroxylation is 1. The van der Waals surface area contributed by atoms with E-state index in [2.05, 4.69) is 4.98 Å². The Kier molecular flexibility index (Phi) is 5.55. The number of aromatic nitrogens is 2. The number of halogens is 1. The highest BCUT2D eigenvalue weighted by Crippen LogP contribution is 2.37. The van der Waals surface area contributed by atoms with Crippen LogP contribution in [-0.4, -0.2) is 48.5 Å². The molecule has 7 nitrogen and oxygen atoms in total. The van der Waals surface area contributed by atoms with Crippen molar-refractivity contribution in [3.05, 3.63) is 41.2 Å². The second-order valence-electron chi connectivity index (χ2n) is 7.31. The van der Waals surface area contributed by atoms with E-state index in [9.17, 15) is 13.5 Å². The molecule has 0 aliphatic heterocycles. The molecule has 29 heavy (non-hydrogen) atoms. The number of methoxy groups -OCH3 is 2. The first kappa shape index (κ1) is 21.4. The summed E-state index contributed by atoms with van der Waals surface area (Å²) < 4.78 is 37.2. The summed E-state index contributed by atoms with van der Waals surface area (Å²) in [5.74, 6) is 0.749. The molecule has 0 saturated carbocycles. The maximum absolute atomic E-state index is 13.2. The minimum absolute atomic E-state index is 0.0258. The van der Waals surface area contributed by atoms with Crippen LogP contribution in [0.4, 0.5) is 0 Å². The van der Waals surface area contributed by atoms with Gasteiger partial charge in [-0.3, -0.25) is 4.40 Å². The van der Waals surface area contributed by atoms with Crippen molar-refractivity contribution in [1.82, 2.24) is 9.38 Å². The fourth-order valence-electron chi connectivity index (χ4n) is 3.08. The van der Waals surface area contributed by atoms with Crippen LogP contribution in [0.15, 0.2) is 35.5 Å². The molecule has 0 aliphatic carbocycles. The molecular formula is C20H23ClN2O5S. The van der Waals surface area contributed by atoms with Gasteiger partial charge in [-0.15, -0.1) is 0 Å². The van der Waals surface area contributed by atoms with E-state index < -0.39 is 21.2 Å². The van der Waals surface area contributed by atoms with Crippen LogP contribution in [0.25, 0.3) is 16.9 Å². The summed E-state index contributed by atoms with van der Waals surface area (Å²) in [5.41, 5.74) is 2.78. The van der Waals surface area contributed by atoms with Gasteiger partial charge in [-0.1, -0.05) is 11.6 Å². The van der Waals surface area contributed by atoms with E-state index >= 15 is 0 Å². The highest BCUT2D eigenvalue weighted by Gasteiger charge is 2.38. The van der Waals surface area contributed by atoms with Crippen LogP contribution in [0.5, 0.6) is 11.5 Å². The van der Waals surface area contributed by atoms with Crippen LogP contribution in [0.2, 0.25) is 5.02 Å². The van der Waals surface area contributed by atoms with Crippen molar-refractivity contribution in [3.63, 3.8) is 0 Å². The summed E-state index contributed by atoms with van der Waals surface area (Å²) in [5, 5.41) is 10.0. The lowest BCUT2D eigenvalue weighted by Crippen LogP contribution is -2.36. The SMILES string of the molecule is COc1cc2ncc(-c3cc(C)c(OC)c(Cl)c3)n2cc1S(=O)(=O)C(C)(C)CO. The molecule has 0 fully saturated rings. The third kappa shape index (κ3) is 3.45. The Bertz CT molecular complexity index is 1160. The molecule has 1 aromatic carbocycles. The maximum atomic E-state index is 13.2. The molecule has 2 heterocycles. The van der Waals surface area contributed by atoms with Gasteiger partial charge in [0.1, 0.15) is 22.0 Å². The lowest BCUT2D eigenvalue weighted by molar-refractivity contribution is 0.258. The number of benzene rings is 1. The van der Waals surface area contributed by atoms with Crippen LogP contribution in [0, 0.1) is 6.92 Å². The Morgan fingerprint density at radius 2 is 1.90 bits per heavy atom. The first-order valence-electron chi connectivity index (χ1n) is 8.82. The molecular weight excluding hydrogens is 416 g/mol. The zero-order valence-electron chi connectivity index (χ0n) is 16.9. The second kappa shape index (κ2) is 7.51. The summed E-state index contributed by atoms with van der Waals surface area (Å²) in [7, 11) is -0.950. The van der Waals surface area contributed by atoms with Gasteiger partial charge in [0.2, 0.25) is 0 Å². The number of nitrogens with zero attached hydrogens (tertiary/aromatic N) is 2. The molecule has 0 atom stereocenters. The fraction of sp³-hybridized carbons (Fsp3) is 0.350. The van der Waals surface area contributed by atoms with Gasteiger partial charge in [-0.25, -0.2) is 13.4 Å². The van der Waals surface area contributed by atoms with Crippen molar-refractivity contribution in [2.75, 3.05) is 20.8 Å². The molecule has 9 heteroatoms. The summed E-state index contributed by atoms with van der Waals surface area (Å²) >= 11 is 6.33. The van der Waals surface area contributed by atoms with Crippen LogP contribution >= 0.6 is 11.6 Å². The van der Waals surface area contributed by atoms with Gasteiger partial charge in [-0.2, -0.15) is 0 Å². The second-order valence-corrected chi connectivity index (χ2v) is 10.3. The molecule has 0 saturated heterocycles. The van der Waals surface area contributed by atoms with Gasteiger partial charge >= 0.3 is 0 Å². The average Bonchev–Trinajstić information content (AvgIpc) is 3.09. The number of ether oxygens (including phenoxy) is 2.